The molecule has 0 amide bonds. The Morgan fingerprint density at radius 1 is 1.71 bits per heavy atom. The van der Waals surface area contributed by atoms with Crippen LogP contribution in [-0.2, 0) is 11.4 Å². The molecule has 80 valence electrons. The molecular weight excluding hydrogens is 263 g/mol. The van der Waals surface area contributed by atoms with E-state index in [1.165, 1.54) is 6.26 Å². The van der Waals surface area contributed by atoms with E-state index in [1.807, 2.05) is 0 Å². The van der Waals surface area contributed by atoms with Gasteiger partial charge >= 0.3 is 0 Å². The molecule has 0 aromatic rings. The number of hydrogen-bond acceptors (Lipinski definition) is 4. The fourth-order valence-electron chi connectivity index (χ4n) is 0.671. The third-order valence-electron chi connectivity index (χ3n) is 1.11. The maximum Gasteiger partial charge on any atom is 0.160 e. The van der Waals surface area contributed by atoms with Crippen molar-refractivity contribution in [2.24, 2.45) is 4.40 Å². The number of thioether (sulfide) groups is 1. The van der Waals surface area contributed by atoms with Crippen molar-refractivity contribution in [1.82, 2.24) is 0 Å². The summed E-state index contributed by atoms with van der Waals surface area (Å²) in [6.07, 6.45) is 3.19. The lowest BCUT2D eigenvalue weighted by Gasteiger charge is -2.05. The van der Waals surface area contributed by atoms with Crippen molar-refractivity contribution in [3.05, 3.63) is 11.0 Å². The standard InChI is InChI=1S/C7H10Cl2N2OS2/c1-3-6(13-7(9)10)5(4-8)11-14(2)12/h3,10H,4H2,1-2H3/b6-3-,10-7?,11-5?. The molecule has 0 aliphatic carbocycles. The number of rotatable bonds is 4. The highest BCUT2D eigenvalue weighted by molar-refractivity contribution is 8.20. The molecule has 1 N–H and O–H groups in total. The van der Waals surface area contributed by atoms with Gasteiger partial charge in [-0.25, -0.2) is 0 Å². The molecule has 0 spiro atoms. The lowest BCUT2D eigenvalue weighted by Crippen LogP contribution is -2.07. The first kappa shape index (κ1) is 14.3. The molecule has 14 heavy (non-hydrogen) atoms. The van der Waals surface area contributed by atoms with Gasteiger partial charge < -0.3 is 4.55 Å². The monoisotopic (exact) mass is 272 g/mol. The molecule has 0 heterocycles. The minimum atomic E-state index is -1.30. The molecule has 7 heteroatoms. The smallest absolute Gasteiger partial charge is 0.160 e. The van der Waals surface area contributed by atoms with E-state index in [1.54, 1.807) is 13.0 Å². The molecule has 0 aromatic carbocycles. The van der Waals surface area contributed by atoms with Crippen LogP contribution in [0.25, 0.3) is 0 Å². The van der Waals surface area contributed by atoms with Crippen LogP contribution < -0.4 is 0 Å². The SMILES string of the molecule is C/C=C(\SC(=N)Cl)C(CCl)=N[S+](C)[O-]. The van der Waals surface area contributed by atoms with E-state index in [-0.39, 0.29) is 10.4 Å². The minimum absolute atomic E-state index is 0.0715. The van der Waals surface area contributed by atoms with E-state index in [2.05, 4.69) is 4.40 Å². The number of nitrogens with zero attached hydrogens (tertiary/aromatic N) is 1. The van der Waals surface area contributed by atoms with Crippen molar-refractivity contribution < 1.29 is 4.55 Å². The van der Waals surface area contributed by atoms with Crippen LogP contribution in [0.1, 0.15) is 6.92 Å². The van der Waals surface area contributed by atoms with Crippen LogP contribution >= 0.6 is 35.0 Å². The zero-order valence-corrected chi connectivity index (χ0v) is 10.9. The topological polar surface area (TPSA) is 59.3 Å². The first-order valence-electron chi connectivity index (χ1n) is 3.57. The molecule has 0 saturated carbocycles. The molecular formula is C7H10Cl2N2OS2. The number of allylic oxidation sites excluding steroid dienone is 2. The first-order valence-corrected chi connectivity index (χ1v) is 6.81. The predicted octanol–water partition coefficient (Wildman–Crippen LogP) is 2.77. The van der Waals surface area contributed by atoms with Gasteiger partial charge in [-0.1, -0.05) is 33.8 Å². The van der Waals surface area contributed by atoms with Crippen LogP contribution in [0, 0.1) is 5.41 Å². The third kappa shape index (κ3) is 5.93. The van der Waals surface area contributed by atoms with Gasteiger partial charge in [0.05, 0.1) is 17.2 Å². The normalized spacial score (nSPS) is 15.5. The molecule has 1 unspecified atom stereocenters. The first-order chi connectivity index (χ1) is 6.51. The lowest BCUT2D eigenvalue weighted by molar-refractivity contribution is 0.602. The van der Waals surface area contributed by atoms with Crippen molar-refractivity contribution in [2.45, 2.75) is 6.92 Å². The number of alkyl halides is 1. The Morgan fingerprint density at radius 2 is 2.29 bits per heavy atom. The second-order valence-corrected chi connectivity index (χ2v) is 5.08. The van der Waals surface area contributed by atoms with Crippen LogP contribution in [0.15, 0.2) is 15.4 Å². The van der Waals surface area contributed by atoms with Gasteiger partial charge in [-0.15, -0.1) is 11.6 Å². The predicted molar refractivity (Wildman–Crippen MR) is 67.1 cm³/mol. The van der Waals surface area contributed by atoms with Gasteiger partial charge in [-0.2, -0.15) is 0 Å². The lowest BCUT2D eigenvalue weighted by atomic mass is 10.4. The van der Waals surface area contributed by atoms with E-state index >= 15 is 0 Å². The summed E-state index contributed by atoms with van der Waals surface area (Å²) in [4.78, 5) is 0.662. The second kappa shape index (κ2) is 7.59. The molecule has 0 aromatic heterocycles. The van der Waals surface area contributed by atoms with Crippen LogP contribution in [0.2, 0.25) is 0 Å². The van der Waals surface area contributed by atoms with Crippen molar-refractivity contribution in [1.29, 1.82) is 5.41 Å². The summed E-state index contributed by atoms with van der Waals surface area (Å²) in [5.41, 5.74) is 0.491. The Balaban J connectivity index is 4.72. The summed E-state index contributed by atoms with van der Waals surface area (Å²) in [5, 5.41) is 7.09. The Labute approximate surface area is 101 Å². The van der Waals surface area contributed by atoms with Gasteiger partial charge in [0.2, 0.25) is 0 Å². The van der Waals surface area contributed by atoms with Gasteiger partial charge in [0.15, 0.2) is 4.50 Å². The van der Waals surface area contributed by atoms with E-state index in [0.717, 1.165) is 11.8 Å². The zero-order valence-electron chi connectivity index (χ0n) is 7.71. The molecule has 0 saturated heterocycles. The summed E-state index contributed by atoms with van der Waals surface area (Å²) in [5.74, 6) is 0.149. The summed E-state index contributed by atoms with van der Waals surface area (Å²) in [6, 6.07) is 0. The average molecular weight is 273 g/mol. The quantitative estimate of drug-likeness (QED) is 0.370. The van der Waals surface area contributed by atoms with E-state index in [9.17, 15) is 4.55 Å². The van der Waals surface area contributed by atoms with E-state index < -0.39 is 11.4 Å². The molecule has 0 radical (unpaired) electrons. The van der Waals surface area contributed by atoms with E-state index in [4.69, 9.17) is 28.6 Å². The van der Waals surface area contributed by atoms with Crippen molar-refractivity contribution in [3.63, 3.8) is 0 Å². The second-order valence-electron chi connectivity index (χ2n) is 2.12. The highest BCUT2D eigenvalue weighted by Gasteiger charge is 2.11. The molecule has 0 rings (SSSR count). The van der Waals surface area contributed by atoms with Crippen molar-refractivity contribution in [3.8, 4) is 0 Å². The highest BCUT2D eigenvalue weighted by atomic mass is 35.5. The van der Waals surface area contributed by atoms with Crippen molar-refractivity contribution in [2.75, 3.05) is 12.1 Å². The average Bonchev–Trinajstić information content (AvgIpc) is 2.10. The molecule has 0 aliphatic heterocycles. The molecule has 3 nitrogen and oxygen atoms in total. The van der Waals surface area contributed by atoms with Gasteiger partial charge in [0, 0.05) is 4.91 Å². The molecule has 0 bridgehead atoms. The van der Waals surface area contributed by atoms with Crippen LogP contribution in [-0.4, -0.2) is 26.9 Å². The maximum atomic E-state index is 10.9. The summed E-state index contributed by atoms with van der Waals surface area (Å²) >= 11 is 10.8. The maximum absolute atomic E-state index is 10.9. The fourth-order valence-corrected chi connectivity index (χ4v) is 2.35. The summed E-state index contributed by atoms with van der Waals surface area (Å²) in [6.45, 7) is 1.78. The molecule has 0 aliphatic rings. The number of hydrogen-bond donors (Lipinski definition) is 1. The van der Waals surface area contributed by atoms with Gasteiger partial charge in [-0.3, -0.25) is 5.41 Å². The minimum Gasteiger partial charge on any atom is -0.591 e. The van der Waals surface area contributed by atoms with Crippen LogP contribution in [0.5, 0.6) is 0 Å². The summed E-state index contributed by atoms with van der Waals surface area (Å²) < 4.78 is 14.6. The Bertz CT molecular complexity index is 266. The molecule has 1 atom stereocenters. The highest BCUT2D eigenvalue weighted by Crippen LogP contribution is 2.21. The third-order valence-corrected chi connectivity index (χ3v) is 2.94. The van der Waals surface area contributed by atoms with E-state index in [0.29, 0.717) is 10.6 Å². The van der Waals surface area contributed by atoms with Gasteiger partial charge in [0.25, 0.3) is 0 Å². The van der Waals surface area contributed by atoms with Gasteiger partial charge in [0.1, 0.15) is 12.0 Å². The summed E-state index contributed by atoms with van der Waals surface area (Å²) in [7, 11) is 0. The van der Waals surface area contributed by atoms with Gasteiger partial charge in [-0.05, 0) is 6.92 Å². The van der Waals surface area contributed by atoms with Crippen LogP contribution in [0.3, 0.4) is 0 Å². The largest absolute Gasteiger partial charge is 0.591 e. The Morgan fingerprint density at radius 3 is 2.57 bits per heavy atom. The zero-order chi connectivity index (χ0) is 11.1. The van der Waals surface area contributed by atoms with Crippen molar-refractivity contribution >= 4 is 56.5 Å². The Kier molecular flexibility index (Phi) is 7.76. The van der Waals surface area contributed by atoms with Crippen LogP contribution in [0.4, 0.5) is 0 Å². The molecule has 0 fully saturated rings. The number of halogens is 2. The number of nitrogens with one attached hydrogen (secondary N) is 1. The fraction of sp³-hybridized carbons (Fsp3) is 0.429. The Hall–Kier alpha value is 0.320.